The fourth-order valence-electron chi connectivity index (χ4n) is 1.30. The van der Waals surface area contributed by atoms with E-state index in [9.17, 15) is 0 Å². The summed E-state index contributed by atoms with van der Waals surface area (Å²) < 4.78 is 0.816. The van der Waals surface area contributed by atoms with Gasteiger partial charge in [0.25, 0.3) is 0 Å². The van der Waals surface area contributed by atoms with E-state index >= 15 is 0 Å². The summed E-state index contributed by atoms with van der Waals surface area (Å²) in [6.07, 6.45) is 0.631. The zero-order valence-corrected chi connectivity index (χ0v) is 11.4. The molecule has 0 aliphatic heterocycles. The highest BCUT2D eigenvalue weighted by Gasteiger charge is 2.09. The van der Waals surface area contributed by atoms with Gasteiger partial charge in [-0.15, -0.1) is 11.3 Å². The molecule has 0 bridgehead atoms. The average molecular weight is 319 g/mol. The standard InChI is InChI=1S/C11H9BrClNOS/c12-10-9(5-6-15)16-11(14-10)7-1-3-8(13)4-2-7/h1-4,15H,5-6H2. The molecule has 0 aliphatic rings. The van der Waals surface area contributed by atoms with Crippen LogP contribution in [-0.2, 0) is 6.42 Å². The van der Waals surface area contributed by atoms with Gasteiger partial charge in [-0.3, -0.25) is 0 Å². The molecule has 5 heteroatoms. The van der Waals surface area contributed by atoms with Crippen LogP contribution >= 0.6 is 38.9 Å². The molecule has 0 saturated heterocycles. The Balaban J connectivity index is 2.33. The third kappa shape index (κ3) is 2.63. The van der Waals surface area contributed by atoms with Crippen molar-refractivity contribution in [1.29, 1.82) is 0 Å². The molecule has 2 nitrogen and oxygen atoms in total. The summed E-state index contributed by atoms with van der Waals surface area (Å²) in [5.74, 6) is 0. The van der Waals surface area contributed by atoms with Crippen LogP contribution in [0.5, 0.6) is 0 Å². The SMILES string of the molecule is OCCc1sc(-c2ccc(Cl)cc2)nc1Br. The van der Waals surface area contributed by atoms with Crippen molar-refractivity contribution in [1.82, 2.24) is 4.98 Å². The second-order valence-electron chi connectivity index (χ2n) is 3.21. The van der Waals surface area contributed by atoms with Crippen LogP contribution in [-0.4, -0.2) is 16.7 Å². The lowest BCUT2D eigenvalue weighted by Gasteiger charge is -1.95. The predicted molar refractivity (Wildman–Crippen MR) is 71.0 cm³/mol. The lowest BCUT2D eigenvalue weighted by molar-refractivity contribution is 0.300. The summed E-state index contributed by atoms with van der Waals surface area (Å²) in [5.41, 5.74) is 1.04. The van der Waals surface area contributed by atoms with E-state index in [0.717, 1.165) is 25.1 Å². The summed E-state index contributed by atoms with van der Waals surface area (Å²) >= 11 is 10.8. The van der Waals surface area contributed by atoms with Crippen molar-refractivity contribution >= 4 is 38.9 Å². The number of aliphatic hydroxyl groups excluding tert-OH is 1. The molecule has 0 fully saturated rings. The molecular formula is C11H9BrClNOS. The number of rotatable bonds is 3. The number of halogens is 2. The molecule has 0 aliphatic carbocycles. The second-order valence-corrected chi connectivity index (χ2v) is 5.48. The smallest absolute Gasteiger partial charge is 0.124 e. The van der Waals surface area contributed by atoms with Gasteiger partial charge < -0.3 is 5.11 Å². The second kappa shape index (κ2) is 5.27. The van der Waals surface area contributed by atoms with Crippen LogP contribution < -0.4 is 0 Å². The lowest BCUT2D eigenvalue weighted by atomic mass is 10.2. The van der Waals surface area contributed by atoms with Crippen molar-refractivity contribution in [2.45, 2.75) is 6.42 Å². The highest BCUT2D eigenvalue weighted by atomic mass is 79.9. The quantitative estimate of drug-likeness (QED) is 0.934. The third-order valence-electron chi connectivity index (χ3n) is 2.08. The molecule has 1 heterocycles. The lowest BCUT2D eigenvalue weighted by Crippen LogP contribution is -1.86. The maximum atomic E-state index is 8.90. The van der Waals surface area contributed by atoms with Crippen molar-refractivity contribution in [3.8, 4) is 10.6 Å². The molecule has 1 N–H and O–H groups in total. The molecule has 1 aromatic heterocycles. The number of benzene rings is 1. The van der Waals surface area contributed by atoms with Crippen LogP contribution in [0.4, 0.5) is 0 Å². The summed E-state index contributed by atoms with van der Waals surface area (Å²) in [5, 5.41) is 10.6. The first-order chi connectivity index (χ1) is 7.70. The summed E-state index contributed by atoms with van der Waals surface area (Å²) in [4.78, 5) is 5.47. The fourth-order valence-corrected chi connectivity index (χ4v) is 3.11. The van der Waals surface area contributed by atoms with Gasteiger partial charge in [-0.1, -0.05) is 23.7 Å². The van der Waals surface area contributed by atoms with E-state index in [1.807, 2.05) is 24.3 Å². The van der Waals surface area contributed by atoms with Crippen molar-refractivity contribution in [3.05, 3.63) is 38.8 Å². The molecule has 0 unspecified atom stereocenters. The maximum Gasteiger partial charge on any atom is 0.124 e. The Bertz CT molecular complexity index is 483. The van der Waals surface area contributed by atoms with Gasteiger partial charge in [-0.05, 0) is 28.1 Å². The monoisotopic (exact) mass is 317 g/mol. The normalized spacial score (nSPS) is 10.7. The van der Waals surface area contributed by atoms with Gasteiger partial charge in [-0.2, -0.15) is 0 Å². The molecule has 84 valence electrons. The van der Waals surface area contributed by atoms with E-state index in [1.165, 1.54) is 0 Å². The summed E-state index contributed by atoms with van der Waals surface area (Å²) in [6, 6.07) is 7.57. The fraction of sp³-hybridized carbons (Fsp3) is 0.182. The number of hydrogen-bond donors (Lipinski definition) is 1. The molecule has 16 heavy (non-hydrogen) atoms. The van der Waals surface area contributed by atoms with Gasteiger partial charge in [0.05, 0.1) is 0 Å². The number of aromatic nitrogens is 1. The van der Waals surface area contributed by atoms with Crippen molar-refractivity contribution in [3.63, 3.8) is 0 Å². The van der Waals surface area contributed by atoms with E-state index in [-0.39, 0.29) is 6.61 Å². The molecular weight excluding hydrogens is 310 g/mol. The number of aliphatic hydroxyl groups is 1. The molecule has 2 rings (SSSR count). The van der Waals surface area contributed by atoms with Gasteiger partial charge in [0.2, 0.25) is 0 Å². The zero-order valence-electron chi connectivity index (χ0n) is 8.28. The van der Waals surface area contributed by atoms with Crippen LogP contribution in [0.2, 0.25) is 5.02 Å². The first-order valence-corrected chi connectivity index (χ1v) is 6.71. The Morgan fingerprint density at radius 1 is 1.31 bits per heavy atom. The van der Waals surface area contributed by atoms with E-state index in [1.54, 1.807) is 11.3 Å². The van der Waals surface area contributed by atoms with Crippen LogP contribution in [0.3, 0.4) is 0 Å². The molecule has 0 amide bonds. The van der Waals surface area contributed by atoms with Gasteiger partial charge in [0.15, 0.2) is 0 Å². The molecule has 0 spiro atoms. The highest BCUT2D eigenvalue weighted by molar-refractivity contribution is 9.10. The largest absolute Gasteiger partial charge is 0.396 e. The summed E-state index contributed by atoms with van der Waals surface area (Å²) in [7, 11) is 0. The van der Waals surface area contributed by atoms with Gasteiger partial charge in [0, 0.05) is 28.5 Å². The zero-order chi connectivity index (χ0) is 11.5. The van der Waals surface area contributed by atoms with Gasteiger partial charge in [-0.25, -0.2) is 4.98 Å². The van der Waals surface area contributed by atoms with Gasteiger partial charge >= 0.3 is 0 Å². The van der Waals surface area contributed by atoms with Crippen molar-refractivity contribution in [2.24, 2.45) is 0 Å². The minimum Gasteiger partial charge on any atom is -0.396 e. The van der Waals surface area contributed by atoms with Crippen LogP contribution in [0.15, 0.2) is 28.9 Å². The van der Waals surface area contributed by atoms with Gasteiger partial charge in [0.1, 0.15) is 9.61 Å². The predicted octanol–water partition coefficient (Wildman–Crippen LogP) is 3.76. The molecule has 2 aromatic rings. The van der Waals surface area contributed by atoms with Crippen LogP contribution in [0, 0.1) is 0 Å². The van der Waals surface area contributed by atoms with E-state index in [0.29, 0.717) is 6.42 Å². The van der Waals surface area contributed by atoms with Crippen molar-refractivity contribution in [2.75, 3.05) is 6.61 Å². The Morgan fingerprint density at radius 3 is 2.62 bits per heavy atom. The topological polar surface area (TPSA) is 33.1 Å². The third-order valence-corrected chi connectivity index (χ3v) is 4.41. The van der Waals surface area contributed by atoms with Crippen molar-refractivity contribution < 1.29 is 5.11 Å². The summed E-state index contributed by atoms with van der Waals surface area (Å²) in [6.45, 7) is 0.140. The Labute approximate surface area is 111 Å². The van der Waals surface area contributed by atoms with E-state index in [4.69, 9.17) is 16.7 Å². The first kappa shape index (κ1) is 12.0. The molecule has 0 radical (unpaired) electrons. The number of hydrogen-bond acceptors (Lipinski definition) is 3. The highest BCUT2D eigenvalue weighted by Crippen LogP contribution is 2.31. The minimum absolute atomic E-state index is 0.140. The first-order valence-electron chi connectivity index (χ1n) is 4.72. The number of nitrogens with zero attached hydrogens (tertiary/aromatic N) is 1. The molecule has 0 saturated carbocycles. The maximum absolute atomic E-state index is 8.90. The Kier molecular flexibility index (Phi) is 3.97. The van der Waals surface area contributed by atoms with E-state index < -0.39 is 0 Å². The Morgan fingerprint density at radius 2 is 2.00 bits per heavy atom. The van der Waals surface area contributed by atoms with E-state index in [2.05, 4.69) is 20.9 Å². The van der Waals surface area contributed by atoms with Crippen LogP contribution in [0.1, 0.15) is 4.88 Å². The van der Waals surface area contributed by atoms with Crippen LogP contribution in [0.25, 0.3) is 10.6 Å². The Hall–Kier alpha value is -0.420. The molecule has 0 atom stereocenters. The number of thiazole rings is 1. The minimum atomic E-state index is 0.140. The molecule has 1 aromatic carbocycles. The average Bonchev–Trinajstić information content (AvgIpc) is 2.62.